The van der Waals surface area contributed by atoms with Crippen LogP contribution in [-0.2, 0) is 37.1 Å². The predicted octanol–water partition coefficient (Wildman–Crippen LogP) is 1.36. The number of benzene rings is 2. The maximum Gasteiger partial charge on any atom is 0.410 e. The Balaban J connectivity index is 0.990. The summed E-state index contributed by atoms with van der Waals surface area (Å²) >= 11 is 0. The fraction of sp³-hybridized carbons (Fsp3) is 0.564. The third-order valence-corrected chi connectivity index (χ3v) is 12.9. The second-order valence-corrected chi connectivity index (χ2v) is 16.0. The highest BCUT2D eigenvalue weighted by Crippen LogP contribution is 2.87. The molecule has 5 N–H and O–H groups in total. The second-order valence-electron chi connectivity index (χ2n) is 16.0. The number of ether oxygens (including phenoxy) is 1. The zero-order chi connectivity index (χ0) is 37.1. The molecule has 13 nitrogen and oxygen atoms in total. The van der Waals surface area contributed by atoms with E-state index in [0.29, 0.717) is 0 Å². The van der Waals surface area contributed by atoms with Crippen molar-refractivity contribution in [2.75, 3.05) is 33.2 Å². The molecule has 6 unspecified atom stereocenters. The molecule has 5 fully saturated rings. The van der Waals surface area contributed by atoms with Gasteiger partial charge in [-0.25, -0.2) is 4.79 Å². The third-order valence-electron chi connectivity index (χ3n) is 12.9. The molecule has 52 heavy (non-hydrogen) atoms. The molecule has 7 rings (SSSR count). The summed E-state index contributed by atoms with van der Waals surface area (Å²) in [5.74, 6) is -1.70. The summed E-state index contributed by atoms with van der Waals surface area (Å²) in [5.41, 5.74) is 4.75. The maximum absolute atomic E-state index is 13.9. The van der Waals surface area contributed by atoms with E-state index in [-0.39, 0.29) is 99.1 Å². The molecule has 0 heterocycles. The van der Waals surface area contributed by atoms with Gasteiger partial charge in [-0.2, -0.15) is 0 Å². The lowest BCUT2D eigenvalue weighted by atomic mass is 9.51. The number of carbonyl (C=O) groups is 5. The summed E-state index contributed by atoms with van der Waals surface area (Å²) in [6.07, 6.45) is 0.141. The van der Waals surface area contributed by atoms with Crippen molar-refractivity contribution < 1.29 is 38.9 Å². The Labute approximate surface area is 303 Å². The van der Waals surface area contributed by atoms with Gasteiger partial charge in [-0.3, -0.25) is 19.2 Å². The molecule has 10 atom stereocenters. The van der Waals surface area contributed by atoms with Crippen LogP contribution in [0.15, 0.2) is 60.7 Å². The number of aliphatic hydroxyl groups is 2. The Morgan fingerprint density at radius 1 is 0.827 bits per heavy atom. The molecule has 0 aliphatic heterocycles. The zero-order valence-electron chi connectivity index (χ0n) is 29.9. The van der Waals surface area contributed by atoms with E-state index in [4.69, 9.17) is 10.5 Å². The normalized spacial score (nSPS) is 32.4. The molecule has 0 saturated heterocycles. The van der Waals surface area contributed by atoms with Gasteiger partial charge in [0.2, 0.25) is 23.6 Å². The molecule has 5 amide bonds. The number of nitrogens with zero attached hydrogens (tertiary/aromatic N) is 3. The molecule has 5 saturated carbocycles. The van der Waals surface area contributed by atoms with Crippen molar-refractivity contribution in [2.45, 2.75) is 57.1 Å². The van der Waals surface area contributed by atoms with E-state index in [0.717, 1.165) is 22.4 Å². The van der Waals surface area contributed by atoms with Gasteiger partial charge in [0.1, 0.15) is 19.7 Å². The maximum atomic E-state index is 13.9. The van der Waals surface area contributed by atoms with Crippen LogP contribution in [0.4, 0.5) is 4.79 Å². The van der Waals surface area contributed by atoms with Crippen molar-refractivity contribution in [1.82, 2.24) is 20.0 Å². The van der Waals surface area contributed by atoms with E-state index < -0.39 is 40.9 Å². The van der Waals surface area contributed by atoms with E-state index in [1.165, 1.54) is 16.8 Å². The molecule has 0 aromatic heterocycles. The number of fused-ring (bicyclic) bond motifs is 2. The molecule has 0 spiro atoms. The highest BCUT2D eigenvalue weighted by molar-refractivity contribution is 5.90. The number of rotatable bonds is 15. The summed E-state index contributed by atoms with van der Waals surface area (Å²) in [5, 5.41) is 26.9. The number of carbonyl (C=O) groups excluding carboxylic acids is 5. The van der Waals surface area contributed by atoms with Gasteiger partial charge in [0.05, 0.1) is 24.2 Å². The second kappa shape index (κ2) is 13.5. The average Bonchev–Trinajstić information content (AvgIpc) is 3.63. The molecular formula is C39H49N5O8. The lowest BCUT2D eigenvalue weighted by Crippen LogP contribution is -2.67. The van der Waals surface area contributed by atoms with Crippen LogP contribution in [-0.4, -0.2) is 105 Å². The van der Waals surface area contributed by atoms with Crippen molar-refractivity contribution >= 4 is 29.7 Å². The van der Waals surface area contributed by atoms with Crippen molar-refractivity contribution in [1.29, 1.82) is 0 Å². The van der Waals surface area contributed by atoms with Gasteiger partial charge in [0, 0.05) is 26.2 Å². The van der Waals surface area contributed by atoms with E-state index in [1.807, 2.05) is 60.7 Å². The van der Waals surface area contributed by atoms with Crippen LogP contribution in [0.1, 0.15) is 37.8 Å². The van der Waals surface area contributed by atoms with Crippen LogP contribution in [0.5, 0.6) is 0 Å². The zero-order valence-corrected chi connectivity index (χ0v) is 29.9. The summed E-state index contributed by atoms with van der Waals surface area (Å²) in [7, 11) is 1.46. The Hall–Kier alpha value is -4.49. The van der Waals surface area contributed by atoms with Crippen molar-refractivity contribution in [3.05, 3.63) is 71.8 Å². The Morgan fingerprint density at radius 3 is 2.00 bits per heavy atom. The first-order chi connectivity index (χ1) is 24.7. The van der Waals surface area contributed by atoms with Gasteiger partial charge in [-0.05, 0) is 78.7 Å². The number of nitrogens with one attached hydrogen (secondary N) is 1. The Morgan fingerprint density at radius 2 is 1.40 bits per heavy atom. The monoisotopic (exact) mass is 715 g/mol. The Kier molecular flexibility index (Phi) is 9.31. The number of primary amides is 1. The highest BCUT2D eigenvalue weighted by atomic mass is 16.6. The third kappa shape index (κ3) is 5.91. The largest absolute Gasteiger partial charge is 0.445 e. The molecule has 5 aliphatic rings. The van der Waals surface area contributed by atoms with Crippen LogP contribution in [0.2, 0.25) is 0 Å². The summed E-state index contributed by atoms with van der Waals surface area (Å²) < 4.78 is 5.35. The van der Waals surface area contributed by atoms with Crippen LogP contribution in [0, 0.1) is 47.3 Å². The van der Waals surface area contributed by atoms with Gasteiger partial charge in [0.25, 0.3) is 0 Å². The van der Waals surface area contributed by atoms with Gasteiger partial charge < -0.3 is 40.7 Å². The predicted molar refractivity (Wildman–Crippen MR) is 187 cm³/mol. The molecule has 0 radical (unpaired) electrons. The molecule has 278 valence electrons. The number of nitrogens with two attached hydrogens (primary N) is 1. The molecule has 2 aromatic rings. The fourth-order valence-electron chi connectivity index (χ4n) is 11.2. The number of hydrogen-bond donors (Lipinski definition) is 4. The van der Waals surface area contributed by atoms with Crippen molar-refractivity contribution in [2.24, 2.45) is 53.1 Å². The van der Waals surface area contributed by atoms with Gasteiger partial charge in [-0.1, -0.05) is 60.7 Å². The van der Waals surface area contributed by atoms with Gasteiger partial charge >= 0.3 is 6.09 Å². The average molecular weight is 716 g/mol. The lowest BCUT2D eigenvalue weighted by molar-refractivity contribution is -0.215. The van der Waals surface area contributed by atoms with Crippen LogP contribution in [0.25, 0.3) is 0 Å². The first-order valence-corrected chi connectivity index (χ1v) is 18.3. The number of hydrogen-bond acceptors (Lipinski definition) is 8. The number of likely N-dealkylation sites (N-methyl/N-ethyl adjacent to an activating group) is 1. The summed E-state index contributed by atoms with van der Waals surface area (Å²) in [4.78, 5) is 69.5. The van der Waals surface area contributed by atoms with Gasteiger partial charge in [-0.15, -0.1) is 0 Å². The molecular weight excluding hydrogens is 666 g/mol. The van der Waals surface area contributed by atoms with Crippen LogP contribution >= 0.6 is 0 Å². The van der Waals surface area contributed by atoms with Crippen molar-refractivity contribution in [3.8, 4) is 0 Å². The standard InChI is InChI=1S/C39H49N5O8/c1-22(2)44(30(48)18-42(3)37(49)52-20-24-12-8-5-9-13-24)19-29(47)43(16-23-10-6-4-7-11-23)17-28(46)41-21-39(51)34-26-14-25-31-32(26)36(39)35(31)38(50,33(25)34)15-27(40)45/h4-13,22,25-26,31-36,50-51H,14-21H2,1-3H3,(H2,40,45)(H,41,46)/t25-,26+,31?,32?,33?,34?,35?,36?,38-,39+/m0/s1. The highest BCUT2D eigenvalue weighted by Gasteiger charge is 2.90. The molecule has 2 bridgehead atoms. The quantitative estimate of drug-likeness (QED) is 0.213. The van der Waals surface area contributed by atoms with Crippen molar-refractivity contribution in [3.63, 3.8) is 0 Å². The topological polar surface area (TPSA) is 183 Å². The molecule has 2 aromatic carbocycles. The fourth-order valence-corrected chi connectivity index (χ4v) is 11.2. The lowest BCUT2D eigenvalue weighted by Gasteiger charge is -2.57. The Bertz CT molecular complexity index is 1730. The number of amides is 5. The SMILES string of the molecule is CC(C)N(CC(=O)N(CC(=O)NC[C@]1(O)C2C3C4C2[C@](O)(CC(N)=O)C2C1[C@@H]3C[C@@H]42)Cc1ccccc1)C(=O)CN(C)C(=O)OCc1ccccc1. The van der Waals surface area contributed by atoms with E-state index in [1.54, 1.807) is 13.8 Å². The van der Waals surface area contributed by atoms with Crippen LogP contribution < -0.4 is 11.1 Å². The first-order valence-electron chi connectivity index (χ1n) is 18.3. The minimum Gasteiger partial charge on any atom is -0.445 e. The first kappa shape index (κ1) is 35.9. The smallest absolute Gasteiger partial charge is 0.410 e. The summed E-state index contributed by atoms with van der Waals surface area (Å²) in [6, 6.07) is 18.0. The van der Waals surface area contributed by atoms with E-state index in [2.05, 4.69) is 5.32 Å². The van der Waals surface area contributed by atoms with E-state index >= 15 is 0 Å². The molecule has 5 aliphatic carbocycles. The molecule has 13 heteroatoms. The van der Waals surface area contributed by atoms with Gasteiger partial charge in [0.15, 0.2) is 0 Å². The summed E-state index contributed by atoms with van der Waals surface area (Å²) in [6.45, 7) is 2.79. The van der Waals surface area contributed by atoms with Crippen LogP contribution in [0.3, 0.4) is 0 Å². The minimum absolute atomic E-state index is 0.00998. The van der Waals surface area contributed by atoms with E-state index in [9.17, 15) is 34.2 Å². The minimum atomic E-state index is -1.21.